The molecule has 3 atom stereocenters. The summed E-state index contributed by atoms with van der Waals surface area (Å²) in [6.07, 6.45) is 17.1. The Hall–Kier alpha value is -1.20. The standard InChI is InChI=1S/C25H44O4.C2H6.CH4O/c1-4-5-6-7-10-13-22(26)18-16-21-17-19-24(27)23(21)14-11-8-9-12-15-25(28)29-20(2)3;2*1-2/h8,11,20-21,23-24,27H,4-7,9-10,12-19H2,1-3H3;1-2H3;2H,1H3/b11-8-;;/t21?,23-,24+;;/m1../s1. The quantitative estimate of drug-likeness (QED) is 0.147. The molecule has 0 saturated heterocycles. The summed E-state index contributed by atoms with van der Waals surface area (Å²) < 4.78 is 5.13. The summed E-state index contributed by atoms with van der Waals surface area (Å²) in [5.74, 6) is 0.995. The Kier molecular flexibility index (Phi) is 24.6. The predicted molar refractivity (Wildman–Crippen MR) is 138 cm³/mol. The topological polar surface area (TPSA) is 83.8 Å². The molecule has 0 heterocycles. The van der Waals surface area contributed by atoms with Crippen LogP contribution in [0.5, 0.6) is 0 Å². The van der Waals surface area contributed by atoms with Crippen molar-refractivity contribution in [1.29, 1.82) is 0 Å². The molecule has 5 nitrogen and oxygen atoms in total. The molecule has 2 N–H and O–H groups in total. The zero-order valence-corrected chi connectivity index (χ0v) is 22.5. The second-order valence-corrected chi connectivity index (χ2v) is 8.95. The van der Waals surface area contributed by atoms with Crippen LogP contribution in [0.1, 0.15) is 125 Å². The average Bonchev–Trinajstić information content (AvgIpc) is 3.16. The average molecular weight is 471 g/mol. The highest BCUT2D eigenvalue weighted by molar-refractivity contribution is 5.78. The van der Waals surface area contributed by atoms with Crippen LogP contribution in [-0.4, -0.2) is 41.3 Å². The highest BCUT2D eigenvalue weighted by atomic mass is 16.5. The molecule has 0 aliphatic heterocycles. The molecule has 1 unspecified atom stereocenters. The first-order chi connectivity index (χ1) is 15.9. The molecule has 5 heteroatoms. The number of hydrogen-bond acceptors (Lipinski definition) is 5. The highest BCUT2D eigenvalue weighted by Gasteiger charge is 2.33. The van der Waals surface area contributed by atoms with Crippen LogP contribution in [0.4, 0.5) is 0 Å². The fourth-order valence-corrected chi connectivity index (χ4v) is 4.29. The highest BCUT2D eigenvalue weighted by Crippen LogP contribution is 2.38. The minimum Gasteiger partial charge on any atom is -0.463 e. The molecular weight excluding hydrogens is 416 g/mol. The van der Waals surface area contributed by atoms with Gasteiger partial charge in [0.1, 0.15) is 5.78 Å². The second-order valence-electron chi connectivity index (χ2n) is 8.95. The lowest BCUT2D eigenvalue weighted by atomic mass is 9.87. The number of rotatable bonds is 16. The second kappa shape index (κ2) is 23.9. The zero-order valence-electron chi connectivity index (χ0n) is 22.5. The van der Waals surface area contributed by atoms with E-state index in [0.717, 1.165) is 58.5 Å². The van der Waals surface area contributed by atoms with Gasteiger partial charge in [-0.25, -0.2) is 0 Å². The molecule has 0 spiro atoms. The van der Waals surface area contributed by atoms with Gasteiger partial charge in [0, 0.05) is 26.4 Å². The van der Waals surface area contributed by atoms with Crippen molar-refractivity contribution in [3.8, 4) is 0 Å². The number of ether oxygens (including phenoxy) is 1. The van der Waals surface area contributed by atoms with E-state index in [2.05, 4.69) is 19.1 Å². The third kappa shape index (κ3) is 18.9. The fraction of sp³-hybridized carbons (Fsp3) is 0.857. The molecule has 1 saturated carbocycles. The maximum absolute atomic E-state index is 12.2. The van der Waals surface area contributed by atoms with E-state index in [-0.39, 0.29) is 24.1 Å². The molecule has 1 fully saturated rings. The Morgan fingerprint density at radius 1 is 0.939 bits per heavy atom. The molecule has 0 bridgehead atoms. The number of carbonyl (C=O) groups is 2. The van der Waals surface area contributed by atoms with Gasteiger partial charge in [-0.2, -0.15) is 0 Å². The first kappa shape index (κ1) is 34.0. The molecule has 0 aromatic heterocycles. The molecular formula is C28H54O5. The number of esters is 1. The van der Waals surface area contributed by atoms with Crippen molar-refractivity contribution in [2.45, 2.75) is 137 Å². The maximum atomic E-state index is 12.2. The molecule has 0 aromatic rings. The smallest absolute Gasteiger partial charge is 0.306 e. The van der Waals surface area contributed by atoms with Gasteiger partial charge in [-0.15, -0.1) is 0 Å². The summed E-state index contributed by atoms with van der Waals surface area (Å²) in [7, 11) is 1.00. The zero-order chi connectivity index (χ0) is 25.5. The van der Waals surface area contributed by atoms with Crippen LogP contribution in [0.25, 0.3) is 0 Å². The molecule has 0 amide bonds. The van der Waals surface area contributed by atoms with Crippen LogP contribution in [-0.2, 0) is 14.3 Å². The number of aliphatic hydroxyl groups is 2. The number of carbonyl (C=O) groups excluding carboxylic acids is 2. The molecule has 1 aliphatic rings. The summed E-state index contributed by atoms with van der Waals surface area (Å²) in [4.78, 5) is 23.7. The summed E-state index contributed by atoms with van der Waals surface area (Å²) in [6, 6.07) is 0. The Bertz CT molecular complexity index is 487. The van der Waals surface area contributed by atoms with Crippen LogP contribution >= 0.6 is 0 Å². The van der Waals surface area contributed by atoms with Crippen molar-refractivity contribution < 1.29 is 24.5 Å². The van der Waals surface area contributed by atoms with Gasteiger partial charge in [0.2, 0.25) is 0 Å². The van der Waals surface area contributed by atoms with E-state index in [1.807, 2.05) is 27.7 Å². The SMILES string of the molecule is CC.CCCCCCCC(=O)CCC1CC[C@H](O)[C@@H]1C/C=C\CCCC(=O)OC(C)C.CO. The first-order valence-corrected chi connectivity index (χ1v) is 13.4. The lowest BCUT2D eigenvalue weighted by molar-refractivity contribution is -0.147. The van der Waals surface area contributed by atoms with Crippen molar-refractivity contribution in [2.24, 2.45) is 11.8 Å². The van der Waals surface area contributed by atoms with Crippen molar-refractivity contribution in [1.82, 2.24) is 0 Å². The summed E-state index contributed by atoms with van der Waals surface area (Å²) in [6.45, 7) is 9.93. The van der Waals surface area contributed by atoms with Crippen LogP contribution in [0, 0.1) is 11.8 Å². The van der Waals surface area contributed by atoms with E-state index in [4.69, 9.17) is 9.84 Å². The Balaban J connectivity index is 0. The van der Waals surface area contributed by atoms with Gasteiger partial charge < -0.3 is 14.9 Å². The van der Waals surface area contributed by atoms with Crippen molar-refractivity contribution >= 4 is 11.8 Å². The lowest BCUT2D eigenvalue weighted by Crippen LogP contribution is -2.19. The van der Waals surface area contributed by atoms with Gasteiger partial charge in [-0.1, -0.05) is 58.6 Å². The van der Waals surface area contributed by atoms with E-state index in [0.29, 0.717) is 24.5 Å². The van der Waals surface area contributed by atoms with E-state index < -0.39 is 0 Å². The number of ketones is 1. The maximum Gasteiger partial charge on any atom is 0.306 e. The van der Waals surface area contributed by atoms with Crippen molar-refractivity contribution in [3.63, 3.8) is 0 Å². The number of unbranched alkanes of at least 4 members (excludes halogenated alkanes) is 5. The number of Topliss-reactive ketones (excluding diaryl/α,β-unsaturated/α-hetero) is 1. The van der Waals surface area contributed by atoms with Gasteiger partial charge in [0.05, 0.1) is 12.2 Å². The molecule has 1 aliphatic carbocycles. The van der Waals surface area contributed by atoms with Gasteiger partial charge >= 0.3 is 5.97 Å². The summed E-state index contributed by atoms with van der Waals surface area (Å²) >= 11 is 0. The molecule has 0 radical (unpaired) electrons. The van der Waals surface area contributed by atoms with E-state index >= 15 is 0 Å². The largest absolute Gasteiger partial charge is 0.463 e. The van der Waals surface area contributed by atoms with Crippen molar-refractivity contribution in [2.75, 3.05) is 7.11 Å². The van der Waals surface area contributed by atoms with Crippen LogP contribution in [0.15, 0.2) is 12.2 Å². The van der Waals surface area contributed by atoms with E-state index in [9.17, 15) is 14.7 Å². The first-order valence-electron chi connectivity index (χ1n) is 13.4. The van der Waals surface area contributed by atoms with Gasteiger partial charge in [-0.05, 0) is 70.6 Å². The minimum absolute atomic E-state index is 0.0493. The third-order valence-corrected chi connectivity index (χ3v) is 5.98. The Labute approximate surface area is 204 Å². The van der Waals surface area contributed by atoms with Crippen LogP contribution in [0.2, 0.25) is 0 Å². The van der Waals surface area contributed by atoms with Gasteiger partial charge in [0.25, 0.3) is 0 Å². The summed E-state index contributed by atoms with van der Waals surface area (Å²) in [5, 5.41) is 17.3. The molecule has 0 aromatic carbocycles. The molecule has 1 rings (SSSR count). The minimum atomic E-state index is -0.241. The van der Waals surface area contributed by atoms with Gasteiger partial charge in [-0.3, -0.25) is 9.59 Å². The third-order valence-electron chi connectivity index (χ3n) is 5.98. The Morgan fingerprint density at radius 2 is 1.61 bits per heavy atom. The summed E-state index contributed by atoms with van der Waals surface area (Å²) in [5.41, 5.74) is 0. The molecule has 33 heavy (non-hydrogen) atoms. The number of aliphatic hydroxyl groups excluding tert-OH is 2. The number of hydrogen-bond donors (Lipinski definition) is 2. The van der Waals surface area contributed by atoms with E-state index in [1.165, 1.54) is 25.7 Å². The van der Waals surface area contributed by atoms with Crippen LogP contribution in [0.3, 0.4) is 0 Å². The van der Waals surface area contributed by atoms with Crippen LogP contribution < -0.4 is 0 Å². The number of allylic oxidation sites excluding steroid dienone is 2. The Morgan fingerprint density at radius 3 is 2.24 bits per heavy atom. The fourth-order valence-electron chi connectivity index (χ4n) is 4.29. The monoisotopic (exact) mass is 470 g/mol. The van der Waals surface area contributed by atoms with E-state index in [1.54, 1.807) is 0 Å². The normalized spacial score (nSPS) is 19.6. The van der Waals surface area contributed by atoms with Crippen molar-refractivity contribution in [3.05, 3.63) is 12.2 Å². The lowest BCUT2D eigenvalue weighted by Gasteiger charge is -2.20. The predicted octanol–water partition coefficient (Wildman–Crippen LogP) is 6.79. The van der Waals surface area contributed by atoms with Gasteiger partial charge in [0.15, 0.2) is 0 Å². The molecule has 196 valence electrons.